The molecule has 36 heavy (non-hydrogen) atoms. The average molecular weight is 511 g/mol. The van der Waals surface area contributed by atoms with Gasteiger partial charge in [-0.05, 0) is 66.4 Å². The topological polar surface area (TPSA) is 84.9 Å². The average Bonchev–Trinajstić information content (AvgIpc) is 2.85. The molecule has 192 valence electrons. The number of nitrogens with one attached hydrogen (secondary N) is 1. The number of anilines is 1. The molecule has 0 saturated heterocycles. The molecule has 1 amide bonds. The van der Waals surface area contributed by atoms with Gasteiger partial charge in [0.2, 0.25) is 10.0 Å². The number of hydrogen-bond donors (Lipinski definition) is 1. The number of benzene rings is 3. The van der Waals surface area contributed by atoms with Crippen LogP contribution in [0, 0.1) is 0 Å². The first-order chi connectivity index (χ1) is 17.2. The van der Waals surface area contributed by atoms with Gasteiger partial charge in [-0.2, -0.15) is 0 Å². The van der Waals surface area contributed by atoms with Gasteiger partial charge in [-0.3, -0.25) is 9.10 Å². The third kappa shape index (κ3) is 7.49. The van der Waals surface area contributed by atoms with Gasteiger partial charge in [0.1, 0.15) is 18.1 Å². The van der Waals surface area contributed by atoms with Gasteiger partial charge in [0, 0.05) is 5.56 Å². The lowest BCUT2D eigenvalue weighted by Crippen LogP contribution is -2.29. The Morgan fingerprint density at radius 3 is 2.22 bits per heavy atom. The molecule has 0 saturated carbocycles. The van der Waals surface area contributed by atoms with Crippen LogP contribution in [0.25, 0.3) is 0 Å². The molecule has 0 heterocycles. The standard InChI is InChI=1S/C28H34N2O5S/c1-5-34-25-16-14-24(15-17-25)30(36(4,32)33)20-22-10-12-23(13-11-22)28(31)29-18-19-35-27-9-7-6-8-26(27)21(2)3/h6-17,21H,5,18-20H2,1-4H3,(H,29,31). The van der Waals surface area contributed by atoms with E-state index < -0.39 is 10.0 Å². The number of rotatable bonds is 12. The van der Waals surface area contributed by atoms with Crippen molar-refractivity contribution in [1.82, 2.24) is 5.32 Å². The van der Waals surface area contributed by atoms with Gasteiger partial charge in [-0.15, -0.1) is 0 Å². The zero-order valence-corrected chi connectivity index (χ0v) is 22.0. The van der Waals surface area contributed by atoms with Crippen molar-refractivity contribution in [2.45, 2.75) is 33.2 Å². The molecule has 7 nitrogen and oxygen atoms in total. The summed E-state index contributed by atoms with van der Waals surface area (Å²) >= 11 is 0. The van der Waals surface area contributed by atoms with E-state index in [9.17, 15) is 13.2 Å². The van der Waals surface area contributed by atoms with Crippen molar-refractivity contribution in [3.8, 4) is 11.5 Å². The molecule has 0 radical (unpaired) electrons. The summed E-state index contributed by atoms with van der Waals surface area (Å²) in [7, 11) is -3.51. The summed E-state index contributed by atoms with van der Waals surface area (Å²) in [4.78, 5) is 12.5. The van der Waals surface area contributed by atoms with Crippen LogP contribution in [0.5, 0.6) is 11.5 Å². The Hall–Kier alpha value is -3.52. The fraction of sp³-hybridized carbons (Fsp3) is 0.321. The van der Waals surface area contributed by atoms with Crippen molar-refractivity contribution in [1.29, 1.82) is 0 Å². The predicted octanol–water partition coefficient (Wildman–Crippen LogP) is 4.98. The molecule has 0 fully saturated rings. The fourth-order valence-corrected chi connectivity index (χ4v) is 4.61. The van der Waals surface area contributed by atoms with Crippen molar-refractivity contribution in [2.24, 2.45) is 0 Å². The second-order valence-corrected chi connectivity index (χ2v) is 10.6. The molecular formula is C28H34N2O5S. The second kappa shape index (κ2) is 12.4. The van der Waals surface area contributed by atoms with E-state index in [1.54, 1.807) is 48.5 Å². The molecule has 0 aliphatic rings. The van der Waals surface area contributed by atoms with Crippen LogP contribution in [-0.2, 0) is 16.6 Å². The molecular weight excluding hydrogens is 476 g/mol. The number of amides is 1. The maximum Gasteiger partial charge on any atom is 0.251 e. The highest BCUT2D eigenvalue weighted by molar-refractivity contribution is 7.92. The van der Waals surface area contributed by atoms with Gasteiger partial charge in [0.25, 0.3) is 5.91 Å². The number of para-hydroxylation sites is 1. The first-order valence-corrected chi connectivity index (χ1v) is 13.8. The first-order valence-electron chi connectivity index (χ1n) is 12.0. The monoisotopic (exact) mass is 510 g/mol. The first kappa shape index (κ1) is 27.1. The van der Waals surface area contributed by atoms with E-state index in [1.807, 2.05) is 31.2 Å². The summed E-state index contributed by atoms with van der Waals surface area (Å²) < 4.78 is 37.5. The number of hydrogen-bond acceptors (Lipinski definition) is 5. The predicted molar refractivity (Wildman–Crippen MR) is 143 cm³/mol. The van der Waals surface area contributed by atoms with Crippen molar-refractivity contribution < 1.29 is 22.7 Å². The molecule has 1 N–H and O–H groups in total. The van der Waals surface area contributed by atoms with E-state index in [0.29, 0.717) is 42.7 Å². The summed E-state index contributed by atoms with van der Waals surface area (Å²) in [5.41, 5.74) is 2.93. The van der Waals surface area contributed by atoms with Crippen LogP contribution in [0.4, 0.5) is 5.69 Å². The summed E-state index contributed by atoms with van der Waals surface area (Å²) in [6.07, 6.45) is 1.17. The minimum atomic E-state index is -3.51. The molecule has 0 unspecified atom stereocenters. The van der Waals surface area contributed by atoms with Crippen LogP contribution in [0.2, 0.25) is 0 Å². The van der Waals surface area contributed by atoms with Crippen molar-refractivity contribution in [2.75, 3.05) is 30.3 Å². The van der Waals surface area contributed by atoms with Crippen LogP contribution in [0.1, 0.15) is 48.2 Å². The molecule has 3 rings (SSSR count). The molecule has 0 atom stereocenters. The maximum absolute atomic E-state index is 12.5. The van der Waals surface area contributed by atoms with E-state index in [1.165, 1.54) is 10.6 Å². The minimum absolute atomic E-state index is 0.151. The Labute approximate surface area is 214 Å². The van der Waals surface area contributed by atoms with Crippen LogP contribution in [0.3, 0.4) is 0 Å². The Morgan fingerprint density at radius 1 is 0.944 bits per heavy atom. The third-order valence-electron chi connectivity index (χ3n) is 5.56. The smallest absolute Gasteiger partial charge is 0.251 e. The lowest BCUT2D eigenvalue weighted by atomic mass is 10.0. The lowest BCUT2D eigenvalue weighted by Gasteiger charge is -2.23. The van der Waals surface area contributed by atoms with Gasteiger partial charge in [-0.25, -0.2) is 8.42 Å². The van der Waals surface area contributed by atoms with Crippen molar-refractivity contribution in [3.05, 3.63) is 89.5 Å². The molecule has 3 aromatic carbocycles. The number of sulfonamides is 1. The molecule has 8 heteroatoms. The Kier molecular flexibility index (Phi) is 9.36. The molecule has 0 aliphatic heterocycles. The van der Waals surface area contributed by atoms with E-state index >= 15 is 0 Å². The zero-order chi connectivity index (χ0) is 26.1. The molecule has 3 aromatic rings. The quantitative estimate of drug-likeness (QED) is 0.347. The van der Waals surface area contributed by atoms with Crippen molar-refractivity contribution >= 4 is 21.6 Å². The maximum atomic E-state index is 12.5. The van der Waals surface area contributed by atoms with Crippen LogP contribution >= 0.6 is 0 Å². The van der Waals surface area contributed by atoms with Gasteiger partial charge >= 0.3 is 0 Å². The van der Waals surface area contributed by atoms with Gasteiger partial charge in [0.15, 0.2) is 0 Å². The summed E-state index contributed by atoms with van der Waals surface area (Å²) in [5, 5.41) is 2.86. The van der Waals surface area contributed by atoms with Gasteiger partial charge in [0.05, 0.1) is 31.6 Å². The van der Waals surface area contributed by atoms with E-state index in [4.69, 9.17) is 9.47 Å². The highest BCUT2D eigenvalue weighted by Crippen LogP contribution is 2.26. The van der Waals surface area contributed by atoms with Crippen LogP contribution < -0.4 is 19.1 Å². The van der Waals surface area contributed by atoms with Crippen LogP contribution in [-0.4, -0.2) is 40.3 Å². The van der Waals surface area contributed by atoms with E-state index in [-0.39, 0.29) is 12.5 Å². The number of carbonyl (C=O) groups excluding carboxylic acids is 1. The SMILES string of the molecule is CCOc1ccc(N(Cc2ccc(C(=O)NCCOc3ccccc3C(C)C)cc2)S(C)(=O)=O)cc1. The highest BCUT2D eigenvalue weighted by Gasteiger charge is 2.18. The lowest BCUT2D eigenvalue weighted by molar-refractivity contribution is 0.0947. The summed E-state index contributed by atoms with van der Waals surface area (Å²) in [6, 6.07) is 21.7. The van der Waals surface area contributed by atoms with Crippen molar-refractivity contribution in [3.63, 3.8) is 0 Å². The van der Waals surface area contributed by atoms with Gasteiger partial charge in [-0.1, -0.05) is 44.2 Å². The molecule has 0 bridgehead atoms. The largest absolute Gasteiger partial charge is 0.494 e. The minimum Gasteiger partial charge on any atom is -0.494 e. The number of ether oxygens (including phenoxy) is 2. The Morgan fingerprint density at radius 2 is 1.61 bits per heavy atom. The molecule has 0 aliphatic carbocycles. The third-order valence-corrected chi connectivity index (χ3v) is 6.71. The Balaban J connectivity index is 1.57. The second-order valence-electron chi connectivity index (χ2n) is 8.69. The van der Waals surface area contributed by atoms with E-state index in [2.05, 4.69) is 19.2 Å². The summed E-state index contributed by atoms with van der Waals surface area (Å²) in [5.74, 6) is 1.64. The van der Waals surface area contributed by atoms with E-state index in [0.717, 1.165) is 16.9 Å². The highest BCUT2D eigenvalue weighted by atomic mass is 32.2. The normalized spacial score (nSPS) is 11.2. The zero-order valence-electron chi connectivity index (χ0n) is 21.2. The molecule has 0 aromatic heterocycles. The number of nitrogens with zero attached hydrogens (tertiary/aromatic N) is 1. The Bertz CT molecular complexity index is 1240. The fourth-order valence-electron chi connectivity index (χ4n) is 3.72. The van der Waals surface area contributed by atoms with Crippen LogP contribution in [0.15, 0.2) is 72.8 Å². The number of carbonyl (C=O) groups is 1. The van der Waals surface area contributed by atoms with Gasteiger partial charge < -0.3 is 14.8 Å². The molecule has 0 spiro atoms. The summed E-state index contributed by atoms with van der Waals surface area (Å²) in [6.45, 7) is 7.53.